The van der Waals surface area contributed by atoms with Gasteiger partial charge in [-0.05, 0) is 39.1 Å². The number of esters is 1. The molecule has 4 aromatic rings. The number of thiophene rings is 2. The summed E-state index contributed by atoms with van der Waals surface area (Å²) in [6, 6.07) is 5.87. The van der Waals surface area contributed by atoms with E-state index in [9.17, 15) is 24.5 Å². The minimum atomic E-state index is -0.667. The second kappa shape index (κ2) is 10.6. The van der Waals surface area contributed by atoms with Crippen LogP contribution in [0.25, 0.3) is 21.3 Å². The molecule has 192 valence electrons. The number of rotatable bonds is 8. The van der Waals surface area contributed by atoms with E-state index < -0.39 is 16.8 Å². The lowest BCUT2D eigenvalue weighted by atomic mass is 10.0. The molecule has 1 amide bonds. The number of hydrogen-bond donors (Lipinski definition) is 2. The number of nitrogens with one attached hydrogen (secondary N) is 2. The van der Waals surface area contributed by atoms with E-state index >= 15 is 0 Å². The van der Waals surface area contributed by atoms with Crippen LogP contribution in [0.2, 0.25) is 0 Å². The topological polar surface area (TPSA) is 148 Å². The van der Waals surface area contributed by atoms with Crippen molar-refractivity contribution in [2.75, 3.05) is 26.0 Å². The first-order chi connectivity index (χ1) is 17.6. The van der Waals surface area contributed by atoms with Crippen molar-refractivity contribution in [3.8, 4) is 11.1 Å². The van der Waals surface area contributed by atoms with Gasteiger partial charge in [-0.15, -0.1) is 22.7 Å². The number of nitro benzene ring substituents is 1. The number of aromatic nitrogens is 2. The minimum Gasteiger partial charge on any atom is -0.462 e. The average molecular weight is 542 g/mol. The molecular weight excluding hydrogens is 518 g/mol. The number of anilines is 1. The fraction of sp³-hybridized carbons (Fsp3) is 0.250. The first-order valence-corrected chi connectivity index (χ1v) is 12.8. The first kappa shape index (κ1) is 26.1. The second-order valence-electron chi connectivity index (χ2n) is 8.32. The fourth-order valence-electron chi connectivity index (χ4n) is 3.79. The zero-order chi connectivity index (χ0) is 26.9. The van der Waals surface area contributed by atoms with Crippen LogP contribution < -0.4 is 10.9 Å². The van der Waals surface area contributed by atoms with Crippen LogP contribution in [0, 0.1) is 17.0 Å². The van der Waals surface area contributed by atoms with Gasteiger partial charge >= 0.3 is 5.97 Å². The Morgan fingerprint density at radius 1 is 1.30 bits per heavy atom. The van der Waals surface area contributed by atoms with Gasteiger partial charge in [0.15, 0.2) is 0 Å². The summed E-state index contributed by atoms with van der Waals surface area (Å²) in [6.07, 6.45) is 0. The van der Waals surface area contributed by atoms with Gasteiger partial charge < -0.3 is 19.9 Å². The van der Waals surface area contributed by atoms with Crippen molar-refractivity contribution >= 4 is 55.5 Å². The lowest BCUT2D eigenvalue weighted by Gasteiger charge is -2.09. The van der Waals surface area contributed by atoms with Crippen LogP contribution in [0.5, 0.6) is 0 Å². The first-order valence-electron chi connectivity index (χ1n) is 11.1. The van der Waals surface area contributed by atoms with E-state index in [0.29, 0.717) is 39.3 Å². The normalized spacial score (nSPS) is 11.2. The Bertz CT molecular complexity index is 1590. The molecule has 13 heteroatoms. The Kier molecular flexibility index (Phi) is 7.47. The molecule has 3 heterocycles. The number of fused-ring (bicyclic) bond motifs is 1. The number of non-ortho nitro benzene ring substituents is 1. The minimum absolute atomic E-state index is 0.101. The number of nitrogens with zero attached hydrogens (tertiary/aromatic N) is 3. The van der Waals surface area contributed by atoms with Gasteiger partial charge in [0.05, 0.1) is 28.3 Å². The maximum Gasteiger partial charge on any atom is 0.341 e. The van der Waals surface area contributed by atoms with Gasteiger partial charge in [-0.1, -0.05) is 12.1 Å². The molecule has 0 unspecified atom stereocenters. The summed E-state index contributed by atoms with van der Waals surface area (Å²) in [5.41, 5.74) is 0.972. The number of carbonyl (C=O) groups is 2. The van der Waals surface area contributed by atoms with Crippen molar-refractivity contribution < 1.29 is 19.2 Å². The third-order valence-electron chi connectivity index (χ3n) is 5.39. The monoisotopic (exact) mass is 541 g/mol. The number of ether oxygens (including phenoxy) is 1. The molecule has 4 rings (SSSR count). The summed E-state index contributed by atoms with van der Waals surface area (Å²) in [7, 11) is 3.71. The van der Waals surface area contributed by atoms with E-state index in [-0.39, 0.29) is 33.3 Å². The Morgan fingerprint density at radius 3 is 2.73 bits per heavy atom. The lowest BCUT2D eigenvalue weighted by molar-refractivity contribution is -0.384. The number of H-pyrrole nitrogens is 1. The standard InChI is InChI=1S/C24H23N5O6S2/c1-5-35-24(32)18-15(13-7-6-8-14(9-13)29(33)34)11-36-22(18)27-21(31)19-12(2)17-20(30)25-16(10-28(3)4)26-23(17)37-19/h6-9,11H,5,10H2,1-4H3,(H,27,31)(H,25,26,30). The quantitative estimate of drug-likeness (QED) is 0.189. The van der Waals surface area contributed by atoms with Crippen LogP contribution in [0.15, 0.2) is 34.4 Å². The van der Waals surface area contributed by atoms with Gasteiger partial charge in [-0.25, -0.2) is 9.78 Å². The highest BCUT2D eigenvalue weighted by atomic mass is 32.1. The molecule has 1 aromatic carbocycles. The van der Waals surface area contributed by atoms with Crippen LogP contribution in [0.3, 0.4) is 0 Å². The molecule has 37 heavy (non-hydrogen) atoms. The third-order valence-corrected chi connectivity index (χ3v) is 7.47. The predicted molar refractivity (Wildman–Crippen MR) is 143 cm³/mol. The molecule has 11 nitrogen and oxygen atoms in total. The molecule has 0 aliphatic carbocycles. The number of benzene rings is 1. The summed E-state index contributed by atoms with van der Waals surface area (Å²) < 4.78 is 5.21. The smallest absolute Gasteiger partial charge is 0.341 e. The summed E-state index contributed by atoms with van der Waals surface area (Å²) in [5.74, 6) is -0.688. The third kappa shape index (κ3) is 5.28. The van der Waals surface area contributed by atoms with Crippen LogP contribution in [-0.4, -0.2) is 52.4 Å². The van der Waals surface area contributed by atoms with Gasteiger partial charge in [0.2, 0.25) is 0 Å². The lowest BCUT2D eigenvalue weighted by Crippen LogP contribution is -2.18. The number of aryl methyl sites for hydroxylation is 1. The predicted octanol–water partition coefficient (Wildman–Crippen LogP) is 4.42. The van der Waals surface area contributed by atoms with Crippen molar-refractivity contribution in [3.63, 3.8) is 0 Å². The average Bonchev–Trinajstić information content (AvgIpc) is 3.40. The van der Waals surface area contributed by atoms with Crippen molar-refractivity contribution in [1.29, 1.82) is 0 Å². The second-order valence-corrected chi connectivity index (χ2v) is 10.2. The van der Waals surface area contributed by atoms with Crippen LogP contribution in [0.1, 0.15) is 38.3 Å². The number of hydrogen-bond acceptors (Lipinski definition) is 10. The molecule has 0 radical (unpaired) electrons. The van der Waals surface area contributed by atoms with Gasteiger partial charge in [0, 0.05) is 23.1 Å². The zero-order valence-corrected chi connectivity index (χ0v) is 22.0. The molecule has 0 aliphatic heterocycles. The Balaban J connectivity index is 1.74. The number of carbonyl (C=O) groups excluding carboxylic acids is 2. The van der Waals surface area contributed by atoms with Crippen LogP contribution in [-0.2, 0) is 11.3 Å². The molecule has 0 bridgehead atoms. The molecule has 0 spiro atoms. The van der Waals surface area contributed by atoms with Gasteiger partial charge in [0.25, 0.3) is 17.2 Å². The van der Waals surface area contributed by atoms with Crippen molar-refractivity contribution in [1.82, 2.24) is 14.9 Å². The fourth-order valence-corrected chi connectivity index (χ4v) is 5.84. The number of amides is 1. The highest BCUT2D eigenvalue weighted by Gasteiger charge is 2.26. The van der Waals surface area contributed by atoms with E-state index in [1.807, 2.05) is 19.0 Å². The van der Waals surface area contributed by atoms with E-state index in [0.717, 1.165) is 22.7 Å². The maximum absolute atomic E-state index is 13.3. The van der Waals surface area contributed by atoms with Gasteiger partial charge in [-0.3, -0.25) is 19.7 Å². The Morgan fingerprint density at radius 2 is 2.05 bits per heavy atom. The molecule has 0 saturated heterocycles. The highest BCUT2D eigenvalue weighted by molar-refractivity contribution is 7.21. The SMILES string of the molecule is CCOC(=O)c1c(-c2cccc([N+](=O)[O-])c2)csc1NC(=O)c1sc2nc(CN(C)C)[nH]c(=O)c2c1C. The van der Waals surface area contributed by atoms with Gasteiger partial charge in [-0.2, -0.15) is 0 Å². The molecule has 0 aliphatic rings. The molecule has 0 saturated carbocycles. The molecule has 2 N–H and O–H groups in total. The van der Waals surface area contributed by atoms with Crippen molar-refractivity contribution in [2.45, 2.75) is 20.4 Å². The number of nitro groups is 1. The summed E-state index contributed by atoms with van der Waals surface area (Å²) in [4.78, 5) is 59.5. The van der Waals surface area contributed by atoms with E-state index in [2.05, 4.69) is 15.3 Å². The maximum atomic E-state index is 13.3. The Labute approximate surface area is 218 Å². The Hall–Kier alpha value is -3.94. The molecule has 0 atom stereocenters. The number of aromatic amines is 1. The summed E-state index contributed by atoms with van der Waals surface area (Å²) in [5, 5.41) is 16.2. The van der Waals surface area contributed by atoms with E-state index in [1.54, 1.807) is 25.3 Å². The van der Waals surface area contributed by atoms with Crippen molar-refractivity contribution in [2.24, 2.45) is 0 Å². The summed E-state index contributed by atoms with van der Waals surface area (Å²) >= 11 is 2.19. The van der Waals surface area contributed by atoms with Crippen LogP contribution in [0.4, 0.5) is 10.7 Å². The van der Waals surface area contributed by atoms with E-state index in [4.69, 9.17) is 4.74 Å². The molecule has 0 fully saturated rings. The van der Waals surface area contributed by atoms with Crippen LogP contribution >= 0.6 is 22.7 Å². The highest BCUT2D eigenvalue weighted by Crippen LogP contribution is 2.38. The zero-order valence-electron chi connectivity index (χ0n) is 20.4. The molecule has 3 aromatic heterocycles. The summed E-state index contributed by atoms with van der Waals surface area (Å²) in [6.45, 7) is 3.87. The molecular formula is C24H23N5O6S2. The van der Waals surface area contributed by atoms with Crippen molar-refractivity contribution in [3.05, 3.63) is 71.9 Å². The van der Waals surface area contributed by atoms with Gasteiger partial charge in [0.1, 0.15) is 21.2 Å². The largest absolute Gasteiger partial charge is 0.462 e. The van der Waals surface area contributed by atoms with E-state index in [1.165, 1.54) is 18.2 Å².